The molecule has 1 aromatic carbocycles. The fraction of sp³-hybridized carbons (Fsp3) is 0.300. The normalized spacial score (nSPS) is 12.9. The molecular weight excluding hydrogens is 293 g/mol. The van der Waals surface area contributed by atoms with Gasteiger partial charge in [0.15, 0.2) is 11.5 Å². The lowest BCUT2D eigenvalue weighted by Gasteiger charge is -2.11. The molecule has 20 heavy (non-hydrogen) atoms. The van der Waals surface area contributed by atoms with E-state index in [2.05, 4.69) is 4.52 Å². The Kier molecular flexibility index (Phi) is 5.49. The number of nitrogens with two attached hydrogens (primary N) is 1. The predicted octanol–water partition coefficient (Wildman–Crippen LogP) is -0.208. The number of carboxylic acid groups (broad SMARTS) is 1. The molecule has 0 saturated carbocycles. The van der Waals surface area contributed by atoms with Gasteiger partial charge in [-0.25, -0.2) is 9.09 Å². The Bertz CT molecular complexity index is 528. The van der Waals surface area contributed by atoms with Crippen LogP contribution in [-0.2, 0) is 20.3 Å². The first kappa shape index (κ1) is 16.4. The fourth-order valence-corrected chi connectivity index (χ4v) is 1.50. The van der Waals surface area contributed by atoms with Crippen LogP contribution in [0.4, 0.5) is 0 Å². The van der Waals surface area contributed by atoms with E-state index in [1.807, 2.05) is 0 Å². The first-order chi connectivity index (χ1) is 9.19. The molecule has 6 N–H and O–H groups in total. The number of carboxylic acids is 1. The summed E-state index contributed by atoms with van der Waals surface area (Å²) in [5.41, 5.74) is 5.82. The van der Waals surface area contributed by atoms with Crippen molar-refractivity contribution in [1.82, 2.24) is 0 Å². The van der Waals surface area contributed by atoms with E-state index in [0.717, 1.165) is 0 Å². The third kappa shape index (κ3) is 5.55. The van der Waals surface area contributed by atoms with Crippen LogP contribution in [0, 0.1) is 0 Å². The van der Waals surface area contributed by atoms with Crippen LogP contribution < -0.4 is 10.5 Å². The SMILES string of the molecule is NC(Cc1ccc(OCOP(=O)(O)O)c(O)c1)C(=O)O. The van der Waals surface area contributed by atoms with Crippen molar-refractivity contribution in [3.05, 3.63) is 23.8 Å². The van der Waals surface area contributed by atoms with Gasteiger partial charge in [-0.3, -0.25) is 4.79 Å². The highest BCUT2D eigenvalue weighted by atomic mass is 31.2. The van der Waals surface area contributed by atoms with Gasteiger partial charge in [0, 0.05) is 0 Å². The van der Waals surface area contributed by atoms with Crippen molar-refractivity contribution in [3.8, 4) is 11.5 Å². The van der Waals surface area contributed by atoms with E-state index in [1.54, 1.807) is 0 Å². The number of benzene rings is 1. The maximum atomic E-state index is 10.6. The first-order valence-electron chi connectivity index (χ1n) is 5.32. The second kappa shape index (κ2) is 6.69. The fourth-order valence-electron chi connectivity index (χ4n) is 1.31. The largest absolute Gasteiger partial charge is 0.504 e. The van der Waals surface area contributed by atoms with Crippen LogP contribution >= 0.6 is 7.82 Å². The van der Waals surface area contributed by atoms with E-state index >= 15 is 0 Å². The molecule has 0 amide bonds. The van der Waals surface area contributed by atoms with E-state index in [4.69, 9.17) is 25.4 Å². The van der Waals surface area contributed by atoms with Gasteiger partial charge < -0.3 is 30.5 Å². The summed E-state index contributed by atoms with van der Waals surface area (Å²) in [5.74, 6) is -1.56. The number of carbonyl (C=O) groups is 1. The number of phenolic OH excluding ortho intramolecular Hbond substituents is 1. The highest BCUT2D eigenvalue weighted by Gasteiger charge is 2.16. The van der Waals surface area contributed by atoms with Crippen molar-refractivity contribution >= 4 is 13.8 Å². The Morgan fingerprint density at radius 2 is 2.05 bits per heavy atom. The zero-order chi connectivity index (χ0) is 15.3. The third-order valence-electron chi connectivity index (χ3n) is 2.23. The Morgan fingerprint density at radius 1 is 1.40 bits per heavy atom. The molecule has 0 aromatic heterocycles. The molecule has 112 valence electrons. The summed E-state index contributed by atoms with van der Waals surface area (Å²) in [4.78, 5) is 27.5. The van der Waals surface area contributed by atoms with Gasteiger partial charge in [0.1, 0.15) is 6.04 Å². The highest BCUT2D eigenvalue weighted by Crippen LogP contribution is 2.36. The first-order valence-corrected chi connectivity index (χ1v) is 6.85. The molecule has 10 heteroatoms. The number of rotatable bonds is 7. The number of ether oxygens (including phenoxy) is 1. The second-order valence-electron chi connectivity index (χ2n) is 3.83. The van der Waals surface area contributed by atoms with Crippen LogP contribution in [0.3, 0.4) is 0 Å². The molecule has 0 fully saturated rings. The lowest BCUT2D eigenvalue weighted by molar-refractivity contribution is -0.138. The molecule has 0 radical (unpaired) electrons. The molecule has 0 heterocycles. The maximum absolute atomic E-state index is 10.6. The van der Waals surface area contributed by atoms with Crippen LogP contribution in [0.25, 0.3) is 0 Å². The zero-order valence-corrected chi connectivity index (χ0v) is 11.1. The van der Waals surface area contributed by atoms with E-state index in [-0.39, 0.29) is 17.9 Å². The zero-order valence-electron chi connectivity index (χ0n) is 10.2. The van der Waals surface area contributed by atoms with Crippen LogP contribution in [0.15, 0.2) is 18.2 Å². The Morgan fingerprint density at radius 3 is 2.55 bits per heavy atom. The van der Waals surface area contributed by atoms with Crippen molar-refractivity contribution in [1.29, 1.82) is 0 Å². The molecule has 1 aromatic rings. The number of aliphatic carboxylic acids is 1. The van der Waals surface area contributed by atoms with E-state index in [9.17, 15) is 14.5 Å². The van der Waals surface area contributed by atoms with Gasteiger partial charge in [0.2, 0.25) is 6.79 Å². The number of aromatic hydroxyl groups is 1. The van der Waals surface area contributed by atoms with E-state index in [1.165, 1.54) is 18.2 Å². The molecule has 0 bridgehead atoms. The number of phosphoric acid groups is 1. The van der Waals surface area contributed by atoms with Crippen LogP contribution in [0.2, 0.25) is 0 Å². The van der Waals surface area contributed by atoms with E-state index in [0.29, 0.717) is 5.56 Å². The van der Waals surface area contributed by atoms with Gasteiger partial charge in [-0.1, -0.05) is 6.07 Å². The van der Waals surface area contributed by atoms with Crippen LogP contribution in [-0.4, -0.2) is 38.8 Å². The van der Waals surface area contributed by atoms with E-state index < -0.39 is 26.6 Å². The smallest absolute Gasteiger partial charge is 0.472 e. The van der Waals surface area contributed by atoms with Gasteiger partial charge >= 0.3 is 13.8 Å². The molecule has 1 unspecified atom stereocenters. The summed E-state index contributed by atoms with van der Waals surface area (Å²) in [7, 11) is -4.65. The molecule has 9 nitrogen and oxygen atoms in total. The Hall–Kier alpha value is -1.64. The van der Waals surface area contributed by atoms with Crippen LogP contribution in [0.5, 0.6) is 11.5 Å². The third-order valence-corrected chi connectivity index (χ3v) is 2.67. The monoisotopic (exact) mass is 307 g/mol. The minimum Gasteiger partial charge on any atom is -0.504 e. The van der Waals surface area contributed by atoms with Crippen molar-refractivity contribution in [2.24, 2.45) is 5.73 Å². The summed E-state index contributed by atoms with van der Waals surface area (Å²) >= 11 is 0. The Balaban J connectivity index is 2.64. The summed E-state index contributed by atoms with van der Waals surface area (Å²) < 4.78 is 19.3. The highest BCUT2D eigenvalue weighted by molar-refractivity contribution is 7.46. The summed E-state index contributed by atoms with van der Waals surface area (Å²) in [6, 6.07) is 2.92. The summed E-state index contributed by atoms with van der Waals surface area (Å²) in [5, 5.41) is 18.3. The van der Waals surface area contributed by atoms with Crippen molar-refractivity contribution in [3.63, 3.8) is 0 Å². The molecule has 1 atom stereocenters. The van der Waals surface area contributed by atoms with Crippen molar-refractivity contribution in [2.45, 2.75) is 12.5 Å². The minimum atomic E-state index is -4.65. The molecule has 0 aliphatic rings. The predicted molar refractivity (Wildman–Crippen MR) is 66.0 cm³/mol. The topological polar surface area (TPSA) is 160 Å². The standard InChI is InChI=1S/C10H14NO8P/c11-7(10(13)14)3-6-1-2-9(8(12)4-6)18-5-19-20(15,16)17/h1-2,4,7,12H,3,5,11H2,(H,13,14)(H2,15,16,17). The minimum absolute atomic E-state index is 0.0160. The molecule has 0 spiro atoms. The van der Waals surface area contributed by atoms with Gasteiger partial charge in [-0.2, -0.15) is 0 Å². The molecular formula is C10H14NO8P. The van der Waals surface area contributed by atoms with Gasteiger partial charge in [0.25, 0.3) is 0 Å². The van der Waals surface area contributed by atoms with Gasteiger partial charge in [-0.15, -0.1) is 0 Å². The average Bonchev–Trinajstić information content (AvgIpc) is 2.30. The summed E-state index contributed by atoms with van der Waals surface area (Å²) in [6.07, 6.45) is 0.0160. The Labute approximate surface area is 113 Å². The number of hydrogen-bond donors (Lipinski definition) is 5. The molecule has 1 rings (SSSR count). The lowest BCUT2D eigenvalue weighted by Crippen LogP contribution is -2.32. The molecule has 0 aliphatic heterocycles. The van der Waals surface area contributed by atoms with Gasteiger partial charge in [-0.05, 0) is 24.1 Å². The molecule has 0 aliphatic carbocycles. The lowest BCUT2D eigenvalue weighted by atomic mass is 10.1. The number of phenols is 1. The van der Waals surface area contributed by atoms with Crippen molar-refractivity contribution < 1.29 is 38.6 Å². The molecule has 0 saturated heterocycles. The average molecular weight is 307 g/mol. The van der Waals surface area contributed by atoms with Crippen molar-refractivity contribution in [2.75, 3.05) is 6.79 Å². The van der Waals surface area contributed by atoms with Crippen LogP contribution in [0.1, 0.15) is 5.56 Å². The number of hydrogen-bond acceptors (Lipinski definition) is 6. The summed E-state index contributed by atoms with van der Waals surface area (Å²) in [6.45, 7) is -0.744. The number of phosphoric ester groups is 1. The second-order valence-corrected chi connectivity index (χ2v) is 5.07. The quantitative estimate of drug-likeness (QED) is 0.339. The maximum Gasteiger partial charge on any atom is 0.472 e. The van der Waals surface area contributed by atoms with Gasteiger partial charge in [0.05, 0.1) is 0 Å².